The lowest BCUT2D eigenvalue weighted by molar-refractivity contribution is -0.110. The Kier molecular flexibility index (Phi) is 4.82. The van der Waals surface area contributed by atoms with Gasteiger partial charge < -0.3 is 10.1 Å². The average Bonchev–Trinajstić information content (AvgIpc) is 3.26. The first-order valence-corrected chi connectivity index (χ1v) is 9.15. The summed E-state index contributed by atoms with van der Waals surface area (Å²) in [6.07, 6.45) is 0. The van der Waals surface area contributed by atoms with Crippen molar-refractivity contribution in [1.82, 2.24) is 15.6 Å². The van der Waals surface area contributed by atoms with Gasteiger partial charge in [0.25, 0.3) is 11.8 Å². The normalized spacial score (nSPS) is 13.9. The summed E-state index contributed by atoms with van der Waals surface area (Å²) in [5.41, 5.74) is 6.41. The molecule has 3 aromatic rings. The number of benzene rings is 2. The minimum absolute atomic E-state index is 0.165. The molecule has 8 nitrogen and oxygen atoms in total. The number of amides is 2. The Balaban J connectivity index is 1.54. The molecule has 0 bridgehead atoms. The molecule has 29 heavy (non-hydrogen) atoms. The summed E-state index contributed by atoms with van der Waals surface area (Å²) >= 11 is 0. The molecule has 0 unspecified atom stereocenters. The van der Waals surface area contributed by atoms with Crippen molar-refractivity contribution in [2.75, 3.05) is 11.9 Å². The van der Waals surface area contributed by atoms with E-state index in [4.69, 9.17) is 4.74 Å². The Morgan fingerprint density at radius 3 is 2.69 bits per heavy atom. The highest BCUT2D eigenvalue weighted by Crippen LogP contribution is 2.26. The Hall–Kier alpha value is -3.94. The number of para-hydroxylation sites is 1. The van der Waals surface area contributed by atoms with Crippen molar-refractivity contribution in [3.63, 3.8) is 0 Å². The van der Waals surface area contributed by atoms with Crippen LogP contribution in [-0.4, -0.2) is 34.3 Å². The summed E-state index contributed by atoms with van der Waals surface area (Å²) in [6.45, 7) is 4.32. The van der Waals surface area contributed by atoms with E-state index in [1.807, 2.05) is 37.3 Å². The number of aromatic nitrogens is 2. The zero-order chi connectivity index (χ0) is 20.4. The predicted molar refractivity (Wildman–Crippen MR) is 109 cm³/mol. The fraction of sp³-hybridized carbons (Fsp3) is 0.143. The highest BCUT2D eigenvalue weighted by Gasteiger charge is 2.26. The molecule has 0 aliphatic carbocycles. The summed E-state index contributed by atoms with van der Waals surface area (Å²) in [5, 5.41) is 13.7. The molecule has 1 aromatic heterocycles. The highest BCUT2D eigenvalue weighted by atomic mass is 16.5. The van der Waals surface area contributed by atoms with Crippen LogP contribution in [0.1, 0.15) is 28.5 Å². The molecule has 0 spiro atoms. The number of rotatable bonds is 5. The zero-order valence-electron chi connectivity index (χ0n) is 15.9. The van der Waals surface area contributed by atoms with Crippen LogP contribution in [0.15, 0.2) is 53.6 Å². The van der Waals surface area contributed by atoms with Crippen molar-refractivity contribution in [1.29, 1.82) is 0 Å². The number of hydrogen-bond acceptors (Lipinski definition) is 5. The molecular weight excluding hydrogens is 370 g/mol. The third-order valence-corrected chi connectivity index (χ3v) is 4.59. The summed E-state index contributed by atoms with van der Waals surface area (Å²) in [7, 11) is 0. The molecule has 4 rings (SSSR count). The molecular formula is C21H19N5O3. The van der Waals surface area contributed by atoms with Crippen LogP contribution in [0, 0.1) is 6.92 Å². The molecule has 0 radical (unpaired) electrons. The molecule has 1 aliphatic rings. The molecule has 2 amide bonds. The molecule has 146 valence electrons. The van der Waals surface area contributed by atoms with Crippen molar-refractivity contribution in [3.05, 3.63) is 65.4 Å². The number of anilines is 1. The van der Waals surface area contributed by atoms with Gasteiger partial charge in [-0.15, -0.1) is 0 Å². The number of H-pyrrole nitrogens is 1. The van der Waals surface area contributed by atoms with Gasteiger partial charge in [-0.1, -0.05) is 18.2 Å². The average molecular weight is 389 g/mol. The number of ether oxygens (including phenoxy) is 1. The largest absolute Gasteiger partial charge is 0.494 e. The Bertz CT molecular complexity index is 1120. The van der Waals surface area contributed by atoms with Crippen LogP contribution < -0.4 is 15.5 Å². The first-order valence-electron chi connectivity index (χ1n) is 9.15. The van der Waals surface area contributed by atoms with Crippen LogP contribution in [-0.2, 0) is 4.79 Å². The van der Waals surface area contributed by atoms with E-state index in [2.05, 4.69) is 26.0 Å². The second-order valence-electron chi connectivity index (χ2n) is 6.43. The van der Waals surface area contributed by atoms with Crippen molar-refractivity contribution in [3.8, 4) is 17.0 Å². The number of fused-ring (bicyclic) bond motifs is 1. The molecule has 0 fully saturated rings. The van der Waals surface area contributed by atoms with Gasteiger partial charge in [0.15, 0.2) is 5.71 Å². The van der Waals surface area contributed by atoms with Crippen LogP contribution in [0.5, 0.6) is 5.75 Å². The molecule has 0 atom stereocenters. The first-order chi connectivity index (χ1) is 14.1. The molecule has 2 aromatic carbocycles. The third-order valence-electron chi connectivity index (χ3n) is 4.59. The lowest BCUT2D eigenvalue weighted by Gasteiger charge is -2.04. The maximum atomic E-state index is 12.6. The second-order valence-corrected chi connectivity index (χ2v) is 6.43. The van der Waals surface area contributed by atoms with E-state index in [0.29, 0.717) is 29.1 Å². The molecule has 0 saturated carbocycles. The maximum Gasteiger partial charge on any atom is 0.289 e. The Labute approximate surface area is 167 Å². The van der Waals surface area contributed by atoms with Crippen LogP contribution in [0.3, 0.4) is 0 Å². The number of carbonyl (C=O) groups is 2. The van der Waals surface area contributed by atoms with Crippen LogP contribution >= 0.6 is 0 Å². The number of nitrogens with zero attached hydrogens (tertiary/aromatic N) is 2. The minimum Gasteiger partial charge on any atom is -0.494 e. The van der Waals surface area contributed by atoms with E-state index in [1.165, 1.54) is 0 Å². The number of aromatic amines is 1. The van der Waals surface area contributed by atoms with Crippen molar-refractivity contribution in [2.24, 2.45) is 5.10 Å². The molecule has 2 heterocycles. The van der Waals surface area contributed by atoms with Gasteiger partial charge in [0.2, 0.25) is 0 Å². The quantitative estimate of drug-likeness (QED) is 0.583. The van der Waals surface area contributed by atoms with Gasteiger partial charge in [0, 0.05) is 16.7 Å². The monoisotopic (exact) mass is 389 g/mol. The summed E-state index contributed by atoms with van der Waals surface area (Å²) in [5.74, 6) is -0.0619. The molecule has 8 heteroatoms. The highest BCUT2D eigenvalue weighted by molar-refractivity contribution is 6.53. The summed E-state index contributed by atoms with van der Waals surface area (Å²) in [6, 6.07) is 14.6. The van der Waals surface area contributed by atoms with Gasteiger partial charge in [-0.05, 0) is 44.2 Å². The maximum absolute atomic E-state index is 12.6. The lowest BCUT2D eigenvalue weighted by Crippen LogP contribution is -2.24. The second kappa shape index (κ2) is 7.59. The van der Waals surface area contributed by atoms with E-state index >= 15 is 0 Å². The molecule has 0 saturated heterocycles. The van der Waals surface area contributed by atoms with E-state index in [9.17, 15) is 9.59 Å². The minimum atomic E-state index is -0.475. The first kappa shape index (κ1) is 18.4. The van der Waals surface area contributed by atoms with Gasteiger partial charge in [-0.25, -0.2) is 5.43 Å². The SMILES string of the molecule is CCOc1ccc(-c2n[nH]c(C(=O)N/N=C3/C(=O)Nc4ccccc43)c2C)cc1. The van der Waals surface area contributed by atoms with Crippen LogP contribution in [0.25, 0.3) is 11.3 Å². The van der Waals surface area contributed by atoms with Gasteiger partial charge in [0.1, 0.15) is 11.4 Å². The van der Waals surface area contributed by atoms with Gasteiger partial charge in [-0.3, -0.25) is 14.7 Å². The smallest absolute Gasteiger partial charge is 0.289 e. The topological polar surface area (TPSA) is 108 Å². The van der Waals surface area contributed by atoms with E-state index in [1.54, 1.807) is 25.1 Å². The Morgan fingerprint density at radius 2 is 1.93 bits per heavy atom. The fourth-order valence-corrected chi connectivity index (χ4v) is 3.15. The standard InChI is InChI=1S/C21H19N5O3/c1-3-29-14-10-8-13(9-11-14)17-12(2)18(24-23-17)21(28)26-25-19-15-6-4-5-7-16(15)22-20(19)27/h4-11H,3H2,1-2H3,(H,23,24)(H,26,28)(H,22,25,27). The molecule has 3 N–H and O–H groups in total. The summed E-state index contributed by atoms with van der Waals surface area (Å²) < 4.78 is 5.45. The van der Waals surface area contributed by atoms with Gasteiger partial charge in [0.05, 0.1) is 18.0 Å². The molecule has 1 aliphatic heterocycles. The third kappa shape index (κ3) is 3.47. The Morgan fingerprint density at radius 1 is 1.17 bits per heavy atom. The van der Waals surface area contributed by atoms with Crippen molar-refractivity contribution in [2.45, 2.75) is 13.8 Å². The number of hydrogen-bond donors (Lipinski definition) is 3. The zero-order valence-corrected chi connectivity index (χ0v) is 15.9. The fourth-order valence-electron chi connectivity index (χ4n) is 3.15. The lowest BCUT2D eigenvalue weighted by atomic mass is 10.1. The van der Waals surface area contributed by atoms with Crippen LogP contribution in [0.4, 0.5) is 5.69 Å². The predicted octanol–water partition coefficient (Wildman–Crippen LogP) is 2.87. The van der Waals surface area contributed by atoms with E-state index < -0.39 is 5.91 Å². The van der Waals surface area contributed by atoms with E-state index in [0.717, 1.165) is 11.3 Å². The number of nitrogens with one attached hydrogen (secondary N) is 3. The van der Waals surface area contributed by atoms with Gasteiger partial charge >= 0.3 is 0 Å². The van der Waals surface area contributed by atoms with Crippen molar-refractivity contribution < 1.29 is 14.3 Å². The summed E-state index contributed by atoms with van der Waals surface area (Å²) in [4.78, 5) is 24.7. The number of carbonyl (C=O) groups excluding carboxylic acids is 2. The number of hydrazone groups is 1. The van der Waals surface area contributed by atoms with E-state index in [-0.39, 0.29) is 17.3 Å². The van der Waals surface area contributed by atoms with Crippen molar-refractivity contribution >= 4 is 23.2 Å². The van der Waals surface area contributed by atoms with Gasteiger partial charge in [-0.2, -0.15) is 10.2 Å². The van der Waals surface area contributed by atoms with Crippen LogP contribution in [0.2, 0.25) is 0 Å².